The van der Waals surface area contributed by atoms with E-state index in [0.717, 1.165) is 36.1 Å². The third kappa shape index (κ3) is 1.87. The Morgan fingerprint density at radius 3 is 2.96 bits per heavy atom. The zero-order chi connectivity index (χ0) is 16.9. The lowest BCUT2D eigenvalue weighted by atomic mass is 9.62. The van der Waals surface area contributed by atoms with E-state index in [1.807, 2.05) is 30.0 Å². The summed E-state index contributed by atoms with van der Waals surface area (Å²) < 4.78 is 11.0. The van der Waals surface area contributed by atoms with E-state index >= 15 is 0 Å². The lowest BCUT2D eigenvalue weighted by Gasteiger charge is -2.48. The molecular formula is C19H23NO4. The molecule has 1 aromatic rings. The second kappa shape index (κ2) is 5.50. The largest absolute Gasteiger partial charge is 0.496 e. The van der Waals surface area contributed by atoms with Crippen molar-refractivity contribution in [2.45, 2.75) is 44.6 Å². The van der Waals surface area contributed by atoms with Crippen LogP contribution in [-0.2, 0) is 9.53 Å². The first-order valence-electron chi connectivity index (χ1n) is 8.79. The van der Waals surface area contributed by atoms with Gasteiger partial charge < -0.3 is 14.4 Å². The molecule has 0 N–H and O–H groups in total. The van der Waals surface area contributed by atoms with Gasteiger partial charge in [0.2, 0.25) is 0 Å². The van der Waals surface area contributed by atoms with Crippen LogP contribution in [0, 0.1) is 5.41 Å². The van der Waals surface area contributed by atoms with Crippen molar-refractivity contribution in [3.8, 4) is 5.75 Å². The molecule has 0 radical (unpaired) electrons. The van der Waals surface area contributed by atoms with Crippen LogP contribution in [0.1, 0.15) is 54.4 Å². The van der Waals surface area contributed by atoms with Crippen LogP contribution < -0.4 is 4.74 Å². The summed E-state index contributed by atoms with van der Waals surface area (Å²) in [5.74, 6) is 0.804. The van der Waals surface area contributed by atoms with E-state index in [-0.39, 0.29) is 23.8 Å². The Morgan fingerprint density at radius 1 is 1.38 bits per heavy atom. The fraction of sp³-hybridized carbons (Fsp3) is 0.579. The first-order chi connectivity index (χ1) is 11.6. The van der Waals surface area contributed by atoms with Gasteiger partial charge in [-0.2, -0.15) is 0 Å². The van der Waals surface area contributed by atoms with Gasteiger partial charge >= 0.3 is 5.97 Å². The molecule has 1 saturated carbocycles. The van der Waals surface area contributed by atoms with Crippen LogP contribution in [0.25, 0.3) is 0 Å². The SMILES string of the molecule is CCOC(=O)[C@@]12CCC[C@H]3c4c(OC)cccc4C(=O)N(CC1)[C@H]32. The molecule has 1 aliphatic carbocycles. The molecule has 128 valence electrons. The second-order valence-electron chi connectivity index (χ2n) is 6.99. The first-order valence-corrected chi connectivity index (χ1v) is 8.79. The Hall–Kier alpha value is -2.04. The number of amides is 1. The maximum atomic E-state index is 13.0. The molecular weight excluding hydrogens is 306 g/mol. The summed E-state index contributed by atoms with van der Waals surface area (Å²) in [6.45, 7) is 2.85. The molecule has 5 heteroatoms. The van der Waals surface area contributed by atoms with E-state index in [1.165, 1.54) is 0 Å². The summed E-state index contributed by atoms with van der Waals surface area (Å²) in [4.78, 5) is 27.8. The molecule has 3 aliphatic rings. The maximum Gasteiger partial charge on any atom is 0.314 e. The number of fused-ring (bicyclic) bond motifs is 2. The molecule has 0 aromatic heterocycles. The summed E-state index contributed by atoms with van der Waals surface area (Å²) in [6, 6.07) is 5.57. The van der Waals surface area contributed by atoms with Crippen molar-refractivity contribution in [1.29, 1.82) is 0 Å². The van der Waals surface area contributed by atoms with E-state index in [9.17, 15) is 9.59 Å². The van der Waals surface area contributed by atoms with Gasteiger partial charge in [-0.05, 0) is 38.3 Å². The fourth-order valence-corrected chi connectivity index (χ4v) is 5.15. The van der Waals surface area contributed by atoms with Gasteiger partial charge in [0.25, 0.3) is 5.91 Å². The molecule has 24 heavy (non-hydrogen) atoms. The number of hydrogen-bond acceptors (Lipinski definition) is 4. The Morgan fingerprint density at radius 2 is 2.21 bits per heavy atom. The summed E-state index contributed by atoms with van der Waals surface area (Å²) in [5.41, 5.74) is 1.17. The normalized spacial score (nSPS) is 30.6. The van der Waals surface area contributed by atoms with Crippen LogP contribution in [0.3, 0.4) is 0 Å². The topological polar surface area (TPSA) is 55.8 Å². The van der Waals surface area contributed by atoms with Crippen molar-refractivity contribution in [2.24, 2.45) is 5.41 Å². The van der Waals surface area contributed by atoms with Gasteiger partial charge in [0, 0.05) is 23.6 Å². The van der Waals surface area contributed by atoms with Gasteiger partial charge in [0.1, 0.15) is 5.75 Å². The van der Waals surface area contributed by atoms with Crippen molar-refractivity contribution < 1.29 is 19.1 Å². The van der Waals surface area contributed by atoms with Crippen molar-refractivity contribution in [1.82, 2.24) is 4.90 Å². The smallest absolute Gasteiger partial charge is 0.314 e. The summed E-state index contributed by atoms with van der Waals surface area (Å²) in [5, 5.41) is 0. The third-order valence-electron chi connectivity index (χ3n) is 6.05. The predicted octanol–water partition coefficient (Wildman–Crippen LogP) is 2.74. The molecule has 1 amide bonds. The molecule has 5 nitrogen and oxygen atoms in total. The first kappa shape index (κ1) is 15.5. The molecule has 4 rings (SSSR count). The molecule has 1 aromatic carbocycles. The Labute approximate surface area is 141 Å². The number of nitrogens with zero attached hydrogens (tertiary/aromatic N) is 1. The highest BCUT2D eigenvalue weighted by Crippen LogP contribution is 2.57. The average Bonchev–Trinajstić information content (AvgIpc) is 3.01. The zero-order valence-corrected chi connectivity index (χ0v) is 14.2. The van der Waals surface area contributed by atoms with Crippen molar-refractivity contribution in [3.63, 3.8) is 0 Å². The predicted molar refractivity (Wildman–Crippen MR) is 88.1 cm³/mol. The number of carbonyl (C=O) groups excluding carboxylic acids is 2. The summed E-state index contributed by atoms with van der Waals surface area (Å²) in [6.07, 6.45) is 3.46. The number of methoxy groups -OCH3 is 1. The van der Waals surface area contributed by atoms with E-state index in [1.54, 1.807) is 7.11 Å². The highest BCUT2D eigenvalue weighted by Gasteiger charge is 2.61. The fourth-order valence-electron chi connectivity index (χ4n) is 5.15. The minimum absolute atomic E-state index is 0.0261. The molecule has 0 bridgehead atoms. The second-order valence-corrected chi connectivity index (χ2v) is 6.99. The van der Waals surface area contributed by atoms with E-state index in [0.29, 0.717) is 19.6 Å². The summed E-state index contributed by atoms with van der Waals surface area (Å²) >= 11 is 0. The number of rotatable bonds is 3. The third-order valence-corrected chi connectivity index (χ3v) is 6.05. The summed E-state index contributed by atoms with van der Waals surface area (Å²) in [7, 11) is 1.64. The molecule has 0 spiro atoms. The number of carbonyl (C=O) groups is 2. The maximum absolute atomic E-state index is 13.0. The Kier molecular flexibility index (Phi) is 3.55. The Bertz CT molecular complexity index is 701. The van der Waals surface area contributed by atoms with Crippen molar-refractivity contribution >= 4 is 11.9 Å². The number of esters is 1. The average molecular weight is 329 g/mol. The highest BCUT2D eigenvalue weighted by atomic mass is 16.5. The lowest BCUT2D eigenvalue weighted by Crippen LogP contribution is -2.55. The van der Waals surface area contributed by atoms with Gasteiger partial charge in [-0.15, -0.1) is 0 Å². The number of hydrogen-bond donors (Lipinski definition) is 0. The van der Waals surface area contributed by atoms with Crippen LogP contribution >= 0.6 is 0 Å². The monoisotopic (exact) mass is 329 g/mol. The number of benzene rings is 1. The van der Waals surface area contributed by atoms with E-state index < -0.39 is 5.41 Å². The van der Waals surface area contributed by atoms with Gasteiger partial charge in [0.15, 0.2) is 0 Å². The Balaban J connectivity index is 1.86. The van der Waals surface area contributed by atoms with Gasteiger partial charge in [-0.1, -0.05) is 12.5 Å². The highest BCUT2D eigenvalue weighted by molar-refractivity contribution is 5.99. The van der Waals surface area contributed by atoms with Gasteiger partial charge in [0.05, 0.1) is 25.2 Å². The molecule has 0 unspecified atom stereocenters. The van der Waals surface area contributed by atoms with Crippen LogP contribution in [0.2, 0.25) is 0 Å². The molecule has 3 atom stereocenters. The van der Waals surface area contributed by atoms with Crippen molar-refractivity contribution in [2.75, 3.05) is 20.3 Å². The van der Waals surface area contributed by atoms with Gasteiger partial charge in [-0.25, -0.2) is 0 Å². The quantitative estimate of drug-likeness (QED) is 0.800. The van der Waals surface area contributed by atoms with Crippen molar-refractivity contribution in [3.05, 3.63) is 29.3 Å². The number of ether oxygens (including phenoxy) is 2. The minimum Gasteiger partial charge on any atom is -0.496 e. The molecule has 2 heterocycles. The van der Waals surface area contributed by atoms with E-state index in [2.05, 4.69) is 0 Å². The lowest BCUT2D eigenvalue weighted by molar-refractivity contribution is -0.159. The van der Waals surface area contributed by atoms with E-state index in [4.69, 9.17) is 9.47 Å². The van der Waals surface area contributed by atoms with Crippen LogP contribution in [-0.4, -0.2) is 43.1 Å². The molecule has 1 saturated heterocycles. The molecule has 2 aliphatic heterocycles. The van der Waals surface area contributed by atoms with Crippen LogP contribution in [0.15, 0.2) is 18.2 Å². The zero-order valence-electron chi connectivity index (χ0n) is 14.2. The molecule has 2 fully saturated rings. The van der Waals surface area contributed by atoms with Gasteiger partial charge in [-0.3, -0.25) is 9.59 Å². The standard InChI is InChI=1S/C19H23NO4/c1-3-24-18(22)19-9-5-7-12-15-13(6-4-8-14(15)23-2)17(21)20(11-10-19)16(12)19/h4,6,8,12,16H,3,5,7,9-11H2,1-2H3/t12-,16+,19-/m0/s1. The van der Waals surface area contributed by atoms with Crippen LogP contribution in [0.4, 0.5) is 0 Å². The minimum atomic E-state index is -0.548. The van der Waals surface area contributed by atoms with Crippen LogP contribution in [0.5, 0.6) is 5.75 Å².